The van der Waals surface area contributed by atoms with Gasteiger partial charge in [-0.1, -0.05) is 39.0 Å². The van der Waals surface area contributed by atoms with Crippen LogP contribution in [0.3, 0.4) is 0 Å². The predicted octanol–water partition coefficient (Wildman–Crippen LogP) is 1.59. The normalized spacial score (nSPS) is 12.6. The summed E-state index contributed by atoms with van der Waals surface area (Å²) in [4.78, 5) is 4.31. The molecule has 6 nitrogen and oxygen atoms in total. The van der Waals surface area contributed by atoms with E-state index < -0.39 is 10.0 Å². The Balaban J connectivity index is 2.28. The fourth-order valence-corrected chi connectivity index (χ4v) is 3.42. The third-order valence-corrected chi connectivity index (χ3v) is 4.51. The molecular formula is C14H20N4O2S. The first-order valence-electron chi connectivity index (χ1n) is 6.64. The lowest BCUT2D eigenvalue weighted by Gasteiger charge is -2.22. The highest BCUT2D eigenvalue weighted by Gasteiger charge is 2.25. The molecular weight excluding hydrogens is 288 g/mol. The molecule has 0 radical (unpaired) electrons. The number of aromatic nitrogens is 3. The van der Waals surface area contributed by atoms with Gasteiger partial charge < -0.3 is 0 Å². The Hall–Kier alpha value is -1.73. The quantitative estimate of drug-likeness (QED) is 0.930. The van der Waals surface area contributed by atoms with Crippen LogP contribution in [0.15, 0.2) is 35.5 Å². The van der Waals surface area contributed by atoms with Crippen LogP contribution in [0.2, 0.25) is 0 Å². The molecule has 0 spiro atoms. The number of sulfonamides is 1. The molecule has 0 amide bonds. The summed E-state index contributed by atoms with van der Waals surface area (Å²) in [6.07, 6.45) is 1.53. The van der Waals surface area contributed by atoms with Gasteiger partial charge in [0.1, 0.15) is 6.33 Å². The van der Waals surface area contributed by atoms with Crippen molar-refractivity contribution in [1.82, 2.24) is 19.5 Å². The summed E-state index contributed by atoms with van der Waals surface area (Å²) in [6.45, 7) is 6.03. The molecule has 0 aliphatic rings. The van der Waals surface area contributed by atoms with E-state index >= 15 is 0 Å². The molecule has 21 heavy (non-hydrogen) atoms. The summed E-state index contributed by atoms with van der Waals surface area (Å²) in [5.41, 5.74) is 0.528. The molecule has 1 N–H and O–H groups in total. The summed E-state index contributed by atoms with van der Waals surface area (Å²) in [7, 11) is -1.87. The van der Waals surface area contributed by atoms with E-state index in [0.717, 1.165) is 5.56 Å². The molecule has 0 saturated carbocycles. The maximum Gasteiger partial charge on any atom is 0.241 e. The van der Waals surface area contributed by atoms with Gasteiger partial charge >= 0.3 is 0 Å². The van der Waals surface area contributed by atoms with Crippen LogP contribution in [-0.4, -0.2) is 23.2 Å². The maximum absolute atomic E-state index is 12.5. The Morgan fingerprint density at radius 1 is 1.24 bits per heavy atom. The van der Waals surface area contributed by atoms with Crippen molar-refractivity contribution < 1.29 is 8.42 Å². The molecule has 0 aliphatic heterocycles. The summed E-state index contributed by atoms with van der Waals surface area (Å²) in [5.74, 6) is 0.439. The summed E-state index contributed by atoms with van der Waals surface area (Å²) in [6, 6.07) is 7.03. The van der Waals surface area contributed by atoms with Crippen molar-refractivity contribution in [2.75, 3.05) is 0 Å². The topological polar surface area (TPSA) is 76.9 Å². The second-order valence-corrected chi connectivity index (χ2v) is 7.64. The first-order chi connectivity index (χ1) is 9.70. The predicted molar refractivity (Wildman–Crippen MR) is 80.2 cm³/mol. The van der Waals surface area contributed by atoms with Gasteiger partial charge in [-0.05, 0) is 17.0 Å². The molecule has 1 aromatic carbocycles. The molecule has 1 heterocycles. The van der Waals surface area contributed by atoms with E-state index in [1.54, 1.807) is 19.2 Å². The summed E-state index contributed by atoms with van der Waals surface area (Å²) < 4.78 is 29.1. The number of benzene rings is 1. The molecule has 0 unspecified atom stereocenters. The Kier molecular flexibility index (Phi) is 4.15. The van der Waals surface area contributed by atoms with E-state index in [1.807, 2.05) is 32.9 Å². The van der Waals surface area contributed by atoms with E-state index in [9.17, 15) is 8.42 Å². The molecule has 0 bridgehead atoms. The van der Waals surface area contributed by atoms with Gasteiger partial charge in [0.05, 0.1) is 11.4 Å². The lowest BCUT2D eigenvalue weighted by molar-refractivity contribution is 0.553. The van der Waals surface area contributed by atoms with Crippen LogP contribution in [-0.2, 0) is 29.0 Å². The summed E-state index contributed by atoms with van der Waals surface area (Å²) in [5, 5.41) is 4.06. The van der Waals surface area contributed by atoms with E-state index in [2.05, 4.69) is 14.8 Å². The average molecular weight is 308 g/mol. The highest BCUT2D eigenvalue weighted by molar-refractivity contribution is 7.89. The minimum Gasteiger partial charge on any atom is -0.256 e. The first-order valence-corrected chi connectivity index (χ1v) is 8.12. The summed E-state index contributed by atoms with van der Waals surface area (Å²) >= 11 is 0. The van der Waals surface area contributed by atoms with Gasteiger partial charge in [0.15, 0.2) is 5.82 Å². The van der Waals surface area contributed by atoms with Crippen LogP contribution < -0.4 is 4.72 Å². The van der Waals surface area contributed by atoms with Crippen LogP contribution in [0.1, 0.15) is 32.2 Å². The number of hydrogen-bond donors (Lipinski definition) is 1. The smallest absolute Gasteiger partial charge is 0.241 e. The van der Waals surface area contributed by atoms with E-state index in [4.69, 9.17) is 0 Å². The lowest BCUT2D eigenvalue weighted by Crippen LogP contribution is -2.27. The van der Waals surface area contributed by atoms with Crippen molar-refractivity contribution in [3.63, 3.8) is 0 Å². The molecule has 2 rings (SSSR count). The number of rotatable bonds is 4. The Bertz CT molecular complexity index is 729. The number of hydrogen-bond acceptors (Lipinski definition) is 4. The van der Waals surface area contributed by atoms with Crippen molar-refractivity contribution >= 4 is 10.0 Å². The van der Waals surface area contributed by atoms with Gasteiger partial charge in [-0.15, -0.1) is 0 Å². The highest BCUT2D eigenvalue weighted by atomic mass is 32.2. The van der Waals surface area contributed by atoms with Gasteiger partial charge in [-0.2, -0.15) is 5.10 Å². The van der Waals surface area contributed by atoms with E-state index in [-0.39, 0.29) is 12.0 Å². The fourth-order valence-electron chi connectivity index (χ4n) is 2.02. The largest absolute Gasteiger partial charge is 0.256 e. The average Bonchev–Trinajstić information content (AvgIpc) is 2.82. The monoisotopic (exact) mass is 308 g/mol. The molecule has 0 saturated heterocycles. The minimum absolute atomic E-state index is 0.0711. The van der Waals surface area contributed by atoms with E-state index in [1.165, 1.54) is 11.0 Å². The van der Waals surface area contributed by atoms with Crippen LogP contribution in [0.25, 0.3) is 0 Å². The fraction of sp³-hybridized carbons (Fsp3) is 0.429. The van der Waals surface area contributed by atoms with Crippen molar-refractivity contribution in [2.24, 2.45) is 7.05 Å². The zero-order valence-electron chi connectivity index (χ0n) is 12.7. The van der Waals surface area contributed by atoms with Gasteiger partial charge in [0.25, 0.3) is 0 Å². The lowest BCUT2D eigenvalue weighted by atomic mass is 9.87. The molecule has 0 aliphatic carbocycles. The molecule has 0 atom stereocenters. The number of aryl methyl sites for hydroxylation is 1. The van der Waals surface area contributed by atoms with Gasteiger partial charge in [0, 0.05) is 7.05 Å². The van der Waals surface area contributed by atoms with Crippen LogP contribution >= 0.6 is 0 Å². The molecule has 114 valence electrons. The van der Waals surface area contributed by atoms with Gasteiger partial charge in [0.2, 0.25) is 10.0 Å². The van der Waals surface area contributed by atoms with Gasteiger partial charge in [-0.25, -0.2) is 18.1 Å². The third kappa shape index (κ3) is 3.68. The van der Waals surface area contributed by atoms with Crippen molar-refractivity contribution in [2.45, 2.75) is 37.6 Å². The van der Waals surface area contributed by atoms with E-state index in [0.29, 0.717) is 10.7 Å². The van der Waals surface area contributed by atoms with Crippen LogP contribution in [0, 0.1) is 0 Å². The number of nitrogens with one attached hydrogen (secondary N) is 1. The van der Waals surface area contributed by atoms with Crippen molar-refractivity contribution in [3.8, 4) is 0 Å². The third-order valence-electron chi connectivity index (χ3n) is 3.05. The molecule has 2 aromatic rings. The Labute approximate surface area is 125 Å². The van der Waals surface area contributed by atoms with Crippen molar-refractivity contribution in [1.29, 1.82) is 0 Å². The highest BCUT2D eigenvalue weighted by Crippen LogP contribution is 2.28. The second-order valence-electron chi connectivity index (χ2n) is 5.91. The molecule has 1 aromatic heterocycles. The van der Waals surface area contributed by atoms with Gasteiger partial charge in [-0.3, -0.25) is 4.68 Å². The Morgan fingerprint density at radius 2 is 1.90 bits per heavy atom. The Morgan fingerprint density at radius 3 is 2.48 bits per heavy atom. The SMILES string of the molecule is Cn1cnc(CNS(=O)(=O)c2ccccc2C(C)(C)C)n1. The van der Waals surface area contributed by atoms with Crippen LogP contribution in [0.4, 0.5) is 0 Å². The first kappa shape index (κ1) is 15.7. The molecule has 7 heteroatoms. The second kappa shape index (κ2) is 5.57. The zero-order chi connectivity index (χ0) is 15.7. The van der Waals surface area contributed by atoms with Crippen LogP contribution in [0.5, 0.6) is 0 Å². The zero-order valence-corrected chi connectivity index (χ0v) is 13.5. The standard InChI is InChI=1S/C14H20N4O2S/c1-14(2,3)11-7-5-6-8-12(11)21(19,20)16-9-13-15-10-18(4)17-13/h5-8,10,16H,9H2,1-4H3. The minimum atomic E-state index is -3.60. The molecule has 0 fully saturated rings. The van der Waals surface area contributed by atoms with Crippen molar-refractivity contribution in [3.05, 3.63) is 42.0 Å². The maximum atomic E-state index is 12.5. The number of nitrogens with zero attached hydrogens (tertiary/aromatic N) is 3.